The Morgan fingerprint density at radius 2 is 1.82 bits per heavy atom. The summed E-state index contributed by atoms with van der Waals surface area (Å²) in [5.74, 6) is 3.99. The van der Waals surface area contributed by atoms with Crippen LogP contribution in [-0.2, 0) is 4.74 Å². The maximum atomic E-state index is 12.3. The number of nitrogens with zero attached hydrogens (tertiary/aromatic N) is 1. The number of carbonyl (C=O) groups excluding carboxylic acids is 1. The molecule has 0 saturated heterocycles. The van der Waals surface area contributed by atoms with Crippen LogP contribution in [0.5, 0.6) is 0 Å². The first-order chi connectivity index (χ1) is 12.6. The van der Waals surface area contributed by atoms with Crippen LogP contribution in [0.15, 0.2) is 18.2 Å². The summed E-state index contributed by atoms with van der Waals surface area (Å²) in [5.41, 5.74) is 5.33. The van der Waals surface area contributed by atoms with Crippen molar-refractivity contribution in [1.82, 2.24) is 15.3 Å². The van der Waals surface area contributed by atoms with E-state index in [9.17, 15) is 4.79 Å². The van der Waals surface area contributed by atoms with Gasteiger partial charge in [-0.1, -0.05) is 46.3 Å². The van der Waals surface area contributed by atoms with Gasteiger partial charge in [0.1, 0.15) is 19.5 Å². The Balaban J connectivity index is 2.36. The van der Waals surface area contributed by atoms with Crippen LogP contribution in [0.3, 0.4) is 0 Å². The number of alkyl carbamates (subject to hydrolysis) is 1. The van der Waals surface area contributed by atoms with E-state index in [-0.39, 0.29) is 11.5 Å². The number of nitrogens with one attached hydrogen (secondary N) is 2. The second-order valence-electron chi connectivity index (χ2n) is 10.3. The average Bonchev–Trinajstić information content (AvgIpc) is 2.89. The number of rotatable bonds is 2. The fourth-order valence-electron chi connectivity index (χ4n) is 2.62. The second kappa shape index (κ2) is 7.63. The molecule has 0 bridgehead atoms. The van der Waals surface area contributed by atoms with Crippen LogP contribution in [0.1, 0.15) is 59.0 Å². The average molecular weight is 400 g/mol. The van der Waals surface area contributed by atoms with Gasteiger partial charge in [-0.05, 0) is 44.4 Å². The fourth-order valence-corrected chi connectivity index (χ4v) is 3.14. The number of fused-ring (bicyclic) bond motifs is 1. The molecule has 1 aromatic heterocycles. The third-order valence-corrected chi connectivity index (χ3v) is 4.76. The Bertz CT molecular complexity index is 916. The van der Waals surface area contributed by atoms with Crippen LogP contribution in [0.25, 0.3) is 11.0 Å². The highest BCUT2D eigenvalue weighted by Crippen LogP contribution is 2.32. The highest BCUT2D eigenvalue weighted by Gasteiger charge is 2.32. The number of amides is 1. The number of hydrogen-bond donors (Lipinski definition) is 2. The molecule has 6 heteroatoms. The molecule has 0 aliphatic rings. The first-order valence-electron chi connectivity index (χ1n) is 9.66. The minimum Gasteiger partial charge on any atom is -0.444 e. The van der Waals surface area contributed by atoms with Gasteiger partial charge in [-0.15, -0.1) is 5.54 Å². The molecule has 1 heterocycles. The zero-order chi connectivity index (χ0) is 21.3. The lowest BCUT2D eigenvalue weighted by Crippen LogP contribution is -2.40. The summed E-state index contributed by atoms with van der Waals surface area (Å²) in [6, 6.07) is 5.67. The van der Waals surface area contributed by atoms with Gasteiger partial charge in [-0.3, -0.25) is 0 Å². The van der Waals surface area contributed by atoms with E-state index < -0.39 is 19.8 Å². The predicted molar refractivity (Wildman–Crippen MR) is 118 cm³/mol. The molecule has 0 saturated carbocycles. The number of hydrogen-bond acceptors (Lipinski definition) is 3. The molecule has 2 aromatic rings. The van der Waals surface area contributed by atoms with Gasteiger partial charge >= 0.3 is 6.09 Å². The normalized spacial score (nSPS) is 13.6. The van der Waals surface area contributed by atoms with Crippen molar-refractivity contribution in [3.8, 4) is 11.5 Å². The number of imidazole rings is 1. The zero-order valence-corrected chi connectivity index (χ0v) is 19.6. The second-order valence-corrected chi connectivity index (χ2v) is 15.0. The standard InChI is InChI=1S/C22H33N3O2Si/c1-21(2,3)18(25-20(26)27-22(4,5)6)19-23-16-11-10-15(14-17(16)24-19)12-13-28(7,8)9/h10-11,14,18H,1-9H3,(H,23,24)(H,25,26). The Labute approximate surface area is 169 Å². The van der Waals surface area contributed by atoms with Crippen LogP contribution in [0, 0.1) is 16.9 Å². The van der Waals surface area contributed by atoms with Gasteiger partial charge in [0.25, 0.3) is 0 Å². The van der Waals surface area contributed by atoms with E-state index >= 15 is 0 Å². The molecule has 5 nitrogen and oxygen atoms in total. The lowest BCUT2D eigenvalue weighted by molar-refractivity contribution is 0.0458. The molecule has 28 heavy (non-hydrogen) atoms. The lowest BCUT2D eigenvalue weighted by Gasteiger charge is -2.31. The minimum absolute atomic E-state index is 0.245. The molecule has 0 aliphatic carbocycles. The molecular formula is C22H33N3O2Si. The molecular weight excluding hydrogens is 366 g/mol. The summed E-state index contributed by atoms with van der Waals surface area (Å²) in [5, 5.41) is 2.97. The lowest BCUT2D eigenvalue weighted by atomic mass is 9.86. The highest BCUT2D eigenvalue weighted by atomic mass is 28.3. The summed E-state index contributed by atoms with van der Waals surface area (Å²) in [7, 11) is -1.43. The van der Waals surface area contributed by atoms with Gasteiger partial charge in [0, 0.05) is 5.56 Å². The number of H-pyrrole nitrogens is 1. The monoisotopic (exact) mass is 399 g/mol. The van der Waals surface area contributed by atoms with Crippen molar-refractivity contribution in [2.24, 2.45) is 5.41 Å². The van der Waals surface area contributed by atoms with Crippen LogP contribution >= 0.6 is 0 Å². The van der Waals surface area contributed by atoms with E-state index in [1.54, 1.807) is 0 Å². The summed E-state index contributed by atoms with van der Waals surface area (Å²) < 4.78 is 5.44. The number of aromatic nitrogens is 2. The number of benzene rings is 1. The van der Waals surface area contributed by atoms with Crippen LogP contribution in [0.2, 0.25) is 19.6 Å². The van der Waals surface area contributed by atoms with Gasteiger partial charge < -0.3 is 15.0 Å². The first-order valence-corrected chi connectivity index (χ1v) is 13.2. The number of ether oxygens (including phenoxy) is 1. The SMILES string of the molecule is CC(C)(C)OC(=O)NC(c1nc2ccc(C#C[Si](C)(C)C)cc2[nH]1)C(C)(C)C. The molecule has 2 N–H and O–H groups in total. The van der Waals surface area contributed by atoms with E-state index in [4.69, 9.17) is 9.72 Å². The topological polar surface area (TPSA) is 67.0 Å². The van der Waals surface area contributed by atoms with E-state index in [0.717, 1.165) is 16.6 Å². The van der Waals surface area contributed by atoms with E-state index in [0.29, 0.717) is 5.82 Å². The smallest absolute Gasteiger partial charge is 0.408 e. The maximum absolute atomic E-state index is 12.3. The molecule has 1 amide bonds. The zero-order valence-electron chi connectivity index (χ0n) is 18.6. The van der Waals surface area contributed by atoms with Crippen molar-refractivity contribution < 1.29 is 9.53 Å². The first kappa shape index (κ1) is 22.0. The van der Waals surface area contributed by atoms with Crippen molar-refractivity contribution >= 4 is 25.2 Å². The van der Waals surface area contributed by atoms with Gasteiger partial charge in [0.15, 0.2) is 0 Å². The molecule has 2 rings (SSSR count). The largest absolute Gasteiger partial charge is 0.444 e. The van der Waals surface area contributed by atoms with E-state index in [1.807, 2.05) is 39.0 Å². The van der Waals surface area contributed by atoms with Gasteiger partial charge in [0.05, 0.1) is 17.1 Å². The molecule has 0 radical (unpaired) electrons. The van der Waals surface area contributed by atoms with Gasteiger partial charge in [-0.2, -0.15) is 0 Å². The molecule has 0 aliphatic heterocycles. The van der Waals surface area contributed by atoms with Crippen molar-refractivity contribution in [2.75, 3.05) is 0 Å². The van der Waals surface area contributed by atoms with E-state index in [1.165, 1.54) is 0 Å². The molecule has 152 valence electrons. The highest BCUT2D eigenvalue weighted by molar-refractivity contribution is 6.83. The molecule has 0 fully saturated rings. The van der Waals surface area contributed by atoms with Gasteiger partial charge in [-0.25, -0.2) is 9.78 Å². The maximum Gasteiger partial charge on any atom is 0.408 e. The Morgan fingerprint density at radius 3 is 2.36 bits per heavy atom. The summed E-state index contributed by atoms with van der Waals surface area (Å²) in [6.45, 7) is 18.4. The number of carbonyl (C=O) groups is 1. The number of aromatic amines is 1. The van der Waals surface area contributed by atoms with Crippen molar-refractivity contribution in [3.05, 3.63) is 29.6 Å². The Kier molecular flexibility index (Phi) is 6.00. The quantitative estimate of drug-likeness (QED) is 0.524. The minimum atomic E-state index is -1.43. The van der Waals surface area contributed by atoms with Crippen LogP contribution < -0.4 is 5.32 Å². The third-order valence-electron chi connectivity index (χ3n) is 3.88. The van der Waals surface area contributed by atoms with Crippen LogP contribution in [-0.4, -0.2) is 29.7 Å². The van der Waals surface area contributed by atoms with Crippen molar-refractivity contribution in [2.45, 2.75) is 72.8 Å². The molecule has 0 spiro atoms. The molecule has 1 aromatic carbocycles. The van der Waals surface area contributed by atoms with Gasteiger partial charge in [0.2, 0.25) is 0 Å². The van der Waals surface area contributed by atoms with E-state index in [2.05, 4.69) is 62.2 Å². The Hall–Kier alpha value is -2.26. The van der Waals surface area contributed by atoms with Crippen molar-refractivity contribution in [1.29, 1.82) is 0 Å². The summed E-state index contributed by atoms with van der Waals surface area (Å²) in [6.07, 6.45) is -0.449. The summed E-state index contributed by atoms with van der Waals surface area (Å²) in [4.78, 5) is 20.4. The molecule has 1 atom stereocenters. The predicted octanol–water partition coefficient (Wildman–Crippen LogP) is 5.40. The Morgan fingerprint density at radius 1 is 1.18 bits per heavy atom. The fraction of sp³-hybridized carbons (Fsp3) is 0.545. The molecule has 1 unspecified atom stereocenters. The summed E-state index contributed by atoms with van der Waals surface area (Å²) >= 11 is 0. The third kappa shape index (κ3) is 6.41. The van der Waals surface area contributed by atoms with Crippen LogP contribution in [0.4, 0.5) is 4.79 Å². The van der Waals surface area contributed by atoms with Crippen molar-refractivity contribution in [3.63, 3.8) is 0 Å².